The third kappa shape index (κ3) is 25.6. The largest absolute Gasteiger partial charge is 0.725 e. The third-order valence-electron chi connectivity index (χ3n) is 0.309. The van der Waals surface area contributed by atoms with Gasteiger partial charge in [-0.2, -0.15) is 0 Å². The summed E-state index contributed by atoms with van der Waals surface area (Å²) < 4.78 is 25.5. The van der Waals surface area contributed by atoms with Crippen LogP contribution in [0.1, 0.15) is 6.92 Å². The lowest BCUT2D eigenvalue weighted by molar-refractivity contribution is -0.138. The lowest BCUT2D eigenvalue weighted by atomic mass is 10.9. The van der Waals surface area contributed by atoms with Crippen molar-refractivity contribution in [1.29, 1.82) is 0 Å². The van der Waals surface area contributed by atoms with Crippen molar-refractivity contribution in [2.75, 3.05) is 6.61 Å². The molecule has 9 heteroatoms. The summed E-state index contributed by atoms with van der Waals surface area (Å²) in [6.45, 7) is 1.95. The fraction of sp³-hybridized carbons (Fsp3) is 1.00. The second kappa shape index (κ2) is 10.0. The zero-order chi connectivity index (χ0) is 9.28. The first kappa shape index (κ1) is 13.6. The van der Waals surface area contributed by atoms with Crippen molar-refractivity contribution < 1.29 is 33.4 Å². The van der Waals surface area contributed by atoms with E-state index in [1.165, 1.54) is 0 Å². The van der Waals surface area contributed by atoms with Crippen LogP contribution in [0.2, 0.25) is 0 Å². The standard InChI is InChI=1S/C2H5O3P.HO4P/c1-2-5-6(3)4;1-4-5(2)3/h2H2,1H3;(H-,1,2,3)/p+2. The fourth-order valence-corrected chi connectivity index (χ4v) is 0.331. The Balaban J connectivity index is 0. The average Bonchev–Trinajstić information content (AvgIpc) is 1.89. The second-order valence-corrected chi connectivity index (χ2v) is 2.35. The van der Waals surface area contributed by atoms with E-state index in [1.54, 1.807) is 6.92 Å². The van der Waals surface area contributed by atoms with E-state index in [1.807, 2.05) is 0 Å². The molecule has 0 bridgehead atoms. The van der Waals surface area contributed by atoms with E-state index in [0.717, 1.165) is 0 Å². The maximum Gasteiger partial charge on any atom is 0.725 e. The van der Waals surface area contributed by atoms with Crippen LogP contribution in [-0.4, -0.2) is 21.7 Å². The van der Waals surface area contributed by atoms with Crippen molar-refractivity contribution in [3.8, 4) is 0 Å². The van der Waals surface area contributed by atoms with Gasteiger partial charge in [0, 0.05) is 9.13 Å². The molecule has 0 spiro atoms. The molecule has 66 valence electrons. The first-order chi connectivity index (χ1) is 5.04. The van der Waals surface area contributed by atoms with E-state index in [9.17, 15) is 4.57 Å². The van der Waals surface area contributed by atoms with Crippen LogP contribution in [0.25, 0.3) is 0 Å². The van der Waals surface area contributed by atoms with Crippen LogP contribution in [0.4, 0.5) is 0 Å². The summed E-state index contributed by atoms with van der Waals surface area (Å²) in [6.07, 6.45) is 0. The van der Waals surface area contributed by atoms with Crippen molar-refractivity contribution in [1.82, 2.24) is 0 Å². The van der Waals surface area contributed by atoms with Gasteiger partial charge in [0.15, 0.2) is 0 Å². The first-order valence-corrected chi connectivity index (χ1v) is 4.57. The van der Waals surface area contributed by atoms with E-state index < -0.39 is 16.5 Å². The Morgan fingerprint density at radius 3 is 1.64 bits per heavy atom. The molecule has 11 heavy (non-hydrogen) atoms. The molecule has 0 radical (unpaired) electrons. The molecule has 3 N–H and O–H groups in total. The Kier molecular flexibility index (Phi) is 12.3. The summed E-state index contributed by atoms with van der Waals surface area (Å²) in [5, 5.41) is 7.11. The van der Waals surface area contributed by atoms with Gasteiger partial charge in [0.2, 0.25) is 0 Å². The summed E-state index contributed by atoms with van der Waals surface area (Å²) in [6, 6.07) is 0. The van der Waals surface area contributed by atoms with Crippen LogP contribution < -0.4 is 0 Å². The van der Waals surface area contributed by atoms with Gasteiger partial charge in [-0.05, 0) is 6.92 Å². The molecule has 0 aliphatic heterocycles. The van der Waals surface area contributed by atoms with Crippen LogP contribution in [0.5, 0.6) is 0 Å². The van der Waals surface area contributed by atoms with Crippen molar-refractivity contribution in [2.45, 2.75) is 6.92 Å². The minimum Gasteiger partial charge on any atom is -0.202 e. The topological polar surface area (TPSA) is 113 Å². The Labute approximate surface area is 64.4 Å². The zero-order valence-electron chi connectivity index (χ0n) is 5.58. The fourth-order valence-electron chi connectivity index (χ4n) is 0.110. The number of hydrogen-bond donors (Lipinski definition) is 3. The highest BCUT2D eigenvalue weighted by Gasteiger charge is 2.07. The second-order valence-electron chi connectivity index (χ2n) is 0.975. The van der Waals surface area contributed by atoms with Crippen LogP contribution >= 0.6 is 16.5 Å². The van der Waals surface area contributed by atoms with Crippen LogP contribution in [0.15, 0.2) is 0 Å². The van der Waals surface area contributed by atoms with Crippen molar-refractivity contribution in [3.05, 3.63) is 0 Å². The van der Waals surface area contributed by atoms with E-state index in [-0.39, 0.29) is 0 Å². The molecule has 0 saturated carbocycles. The van der Waals surface area contributed by atoms with E-state index in [0.29, 0.717) is 6.61 Å². The Hall–Kier alpha value is -0.0000000000000000416. The van der Waals surface area contributed by atoms with Crippen molar-refractivity contribution >= 4 is 16.5 Å². The minimum atomic E-state index is -2.79. The highest BCUT2D eigenvalue weighted by molar-refractivity contribution is 7.32. The summed E-state index contributed by atoms with van der Waals surface area (Å²) in [4.78, 5) is 15.2. The number of hydrogen-bond acceptors (Lipinski definition) is 5. The van der Waals surface area contributed by atoms with Gasteiger partial charge in [-0.1, -0.05) is 0 Å². The minimum absolute atomic E-state index is 0.297. The van der Waals surface area contributed by atoms with Gasteiger partial charge in [0.25, 0.3) is 0 Å². The molecule has 0 aliphatic carbocycles. The van der Waals surface area contributed by atoms with Crippen LogP contribution in [0, 0.1) is 0 Å². The lowest BCUT2D eigenvalue weighted by Crippen LogP contribution is -1.72. The smallest absolute Gasteiger partial charge is 0.202 e. The van der Waals surface area contributed by atoms with E-state index in [4.69, 9.17) is 19.6 Å². The molecule has 0 fully saturated rings. The molecule has 7 nitrogen and oxygen atoms in total. The van der Waals surface area contributed by atoms with Gasteiger partial charge < -0.3 is 0 Å². The summed E-state index contributed by atoms with van der Waals surface area (Å²) >= 11 is 0. The Morgan fingerprint density at radius 1 is 1.27 bits per heavy atom. The Bertz CT molecular complexity index is 124. The molecule has 0 rings (SSSR count). The van der Waals surface area contributed by atoms with Gasteiger partial charge in [0.1, 0.15) is 6.61 Å². The molecule has 0 amide bonds. The van der Waals surface area contributed by atoms with Gasteiger partial charge in [-0.25, -0.2) is 5.26 Å². The highest BCUT2D eigenvalue weighted by Crippen LogP contribution is 2.12. The summed E-state index contributed by atoms with van der Waals surface area (Å²) in [7, 11) is -5.14. The molecule has 2 atom stereocenters. The predicted octanol–water partition coefficient (Wildman–Crippen LogP) is 0.798. The number of rotatable bonds is 3. The van der Waals surface area contributed by atoms with E-state index >= 15 is 0 Å². The van der Waals surface area contributed by atoms with Gasteiger partial charge in [-0.3, -0.25) is 0 Å². The molecule has 0 heterocycles. The van der Waals surface area contributed by atoms with Crippen molar-refractivity contribution in [2.24, 2.45) is 0 Å². The van der Waals surface area contributed by atoms with Crippen molar-refractivity contribution in [3.63, 3.8) is 0 Å². The first-order valence-electron chi connectivity index (χ1n) is 2.31. The van der Waals surface area contributed by atoms with Gasteiger partial charge in [-0.15, -0.1) is 14.3 Å². The highest BCUT2D eigenvalue weighted by atomic mass is 31.1. The molecular formula is C2H8O7P2+2. The lowest BCUT2D eigenvalue weighted by Gasteiger charge is -1.68. The molecule has 2 unspecified atom stereocenters. The molecule has 0 aliphatic rings. The SMILES string of the molecule is CCO[P+](=O)O.O=[P+](O)OO. The monoisotopic (exact) mass is 206 g/mol. The van der Waals surface area contributed by atoms with Gasteiger partial charge in [0.05, 0.1) is 4.67 Å². The zero-order valence-corrected chi connectivity index (χ0v) is 7.37. The molecule has 0 aromatic carbocycles. The quantitative estimate of drug-likeness (QED) is 0.355. The molecule has 0 saturated heterocycles. The summed E-state index contributed by atoms with van der Waals surface area (Å²) in [5.41, 5.74) is 0. The molecular weight excluding hydrogens is 198 g/mol. The average molecular weight is 206 g/mol. The maximum absolute atomic E-state index is 9.53. The predicted molar refractivity (Wildman–Crippen MR) is 35.0 cm³/mol. The van der Waals surface area contributed by atoms with Crippen LogP contribution in [0.3, 0.4) is 0 Å². The normalized spacial score (nSPS) is 11.3. The Morgan fingerprint density at radius 2 is 1.64 bits per heavy atom. The van der Waals surface area contributed by atoms with Crippen LogP contribution in [-0.2, 0) is 18.3 Å². The summed E-state index contributed by atoms with van der Waals surface area (Å²) in [5.74, 6) is 0. The molecule has 0 aromatic rings. The van der Waals surface area contributed by atoms with Gasteiger partial charge >= 0.3 is 16.5 Å². The maximum atomic E-state index is 9.53. The van der Waals surface area contributed by atoms with E-state index in [2.05, 4.69) is 9.20 Å². The third-order valence-corrected chi connectivity index (χ3v) is 0.928. The molecule has 0 aromatic heterocycles.